The molecular formula is C7H12N6O2S. The van der Waals surface area contributed by atoms with Gasteiger partial charge in [-0.2, -0.15) is 0 Å². The van der Waals surface area contributed by atoms with Crippen molar-refractivity contribution in [2.75, 3.05) is 13.1 Å². The van der Waals surface area contributed by atoms with Crippen molar-refractivity contribution in [3.63, 3.8) is 0 Å². The second kappa shape index (κ2) is 5.50. The van der Waals surface area contributed by atoms with E-state index in [1.807, 2.05) is 0 Å². The Morgan fingerprint density at radius 2 is 2.44 bits per heavy atom. The molecule has 88 valence electrons. The van der Waals surface area contributed by atoms with Gasteiger partial charge < -0.3 is 4.98 Å². The van der Waals surface area contributed by atoms with Gasteiger partial charge in [-0.3, -0.25) is 0 Å². The monoisotopic (exact) mass is 244 g/mol. The minimum atomic E-state index is -3.53. The van der Waals surface area contributed by atoms with Crippen LogP contribution in [0, 0.1) is 6.92 Å². The quantitative estimate of drug-likeness (QED) is 0.331. The summed E-state index contributed by atoms with van der Waals surface area (Å²) >= 11 is 0. The van der Waals surface area contributed by atoms with Gasteiger partial charge in [0.2, 0.25) is 0 Å². The van der Waals surface area contributed by atoms with Crippen LogP contribution in [-0.4, -0.2) is 31.5 Å². The maximum atomic E-state index is 11.6. The summed E-state index contributed by atoms with van der Waals surface area (Å²) in [5, 5.41) is 3.33. The van der Waals surface area contributed by atoms with Crippen LogP contribution in [-0.2, 0) is 10.0 Å². The van der Waals surface area contributed by atoms with E-state index >= 15 is 0 Å². The van der Waals surface area contributed by atoms with Gasteiger partial charge in [0.05, 0.1) is 6.20 Å². The standard InChI is InChI=1S/C7H12N6O2S/c1-6-9-5-7(12-6)16(14,15)11-4-2-3-10-13-8/h5,11H,2-4H2,1H3,(H,9,12). The first-order valence-corrected chi connectivity index (χ1v) is 6.07. The van der Waals surface area contributed by atoms with Gasteiger partial charge in [0.15, 0.2) is 5.03 Å². The summed E-state index contributed by atoms with van der Waals surface area (Å²) in [6.45, 7) is 2.15. The second-order valence-corrected chi connectivity index (χ2v) is 4.77. The maximum absolute atomic E-state index is 11.6. The SMILES string of the molecule is Cc1ncc(S(=O)(=O)NCCCN=[N+]=[N-])[nH]1. The molecule has 16 heavy (non-hydrogen) atoms. The zero-order valence-electron chi connectivity index (χ0n) is 8.71. The molecule has 0 atom stereocenters. The van der Waals surface area contributed by atoms with Gasteiger partial charge in [-0.25, -0.2) is 18.1 Å². The van der Waals surface area contributed by atoms with E-state index in [9.17, 15) is 8.42 Å². The van der Waals surface area contributed by atoms with Gasteiger partial charge >= 0.3 is 0 Å². The van der Waals surface area contributed by atoms with Crippen molar-refractivity contribution in [3.05, 3.63) is 22.5 Å². The number of aromatic nitrogens is 2. The molecule has 0 aliphatic rings. The topological polar surface area (TPSA) is 124 Å². The van der Waals surface area contributed by atoms with Crippen molar-refractivity contribution in [3.8, 4) is 0 Å². The minimum absolute atomic E-state index is 0.0359. The predicted octanol–water partition coefficient (Wildman–Crippen LogP) is 0.697. The molecular weight excluding hydrogens is 232 g/mol. The molecule has 0 spiro atoms. The number of azide groups is 1. The molecule has 0 amide bonds. The average molecular weight is 244 g/mol. The highest BCUT2D eigenvalue weighted by Gasteiger charge is 2.15. The van der Waals surface area contributed by atoms with Crippen molar-refractivity contribution >= 4 is 10.0 Å². The zero-order valence-corrected chi connectivity index (χ0v) is 9.53. The molecule has 0 aliphatic carbocycles. The molecule has 0 aromatic carbocycles. The third-order valence-corrected chi connectivity index (χ3v) is 3.13. The highest BCUT2D eigenvalue weighted by atomic mass is 32.2. The largest absolute Gasteiger partial charge is 0.332 e. The molecule has 0 fully saturated rings. The lowest BCUT2D eigenvalue weighted by atomic mass is 10.4. The highest BCUT2D eigenvalue weighted by Crippen LogP contribution is 2.04. The summed E-state index contributed by atoms with van der Waals surface area (Å²) in [7, 11) is -3.53. The Morgan fingerprint density at radius 1 is 1.69 bits per heavy atom. The number of aryl methyl sites for hydroxylation is 1. The van der Waals surface area contributed by atoms with Gasteiger partial charge in [0, 0.05) is 18.0 Å². The van der Waals surface area contributed by atoms with Crippen LogP contribution < -0.4 is 4.72 Å². The summed E-state index contributed by atoms with van der Waals surface area (Å²) in [6.07, 6.45) is 1.71. The normalized spacial score (nSPS) is 11.1. The fourth-order valence-corrected chi connectivity index (χ4v) is 2.06. The number of aromatic amines is 1. The Bertz CT molecular complexity index is 487. The van der Waals surface area contributed by atoms with E-state index in [2.05, 4.69) is 24.7 Å². The van der Waals surface area contributed by atoms with Crippen LogP contribution in [0.2, 0.25) is 0 Å². The molecule has 2 N–H and O–H groups in total. The summed E-state index contributed by atoms with van der Waals surface area (Å²) < 4.78 is 25.6. The van der Waals surface area contributed by atoms with Crippen LogP contribution in [0.4, 0.5) is 0 Å². The van der Waals surface area contributed by atoms with Gasteiger partial charge in [-0.1, -0.05) is 5.11 Å². The van der Waals surface area contributed by atoms with Crippen molar-refractivity contribution in [1.82, 2.24) is 14.7 Å². The lowest BCUT2D eigenvalue weighted by Crippen LogP contribution is -2.25. The van der Waals surface area contributed by atoms with Crippen molar-refractivity contribution in [2.45, 2.75) is 18.4 Å². The first kappa shape index (κ1) is 12.5. The molecule has 0 aliphatic heterocycles. The predicted molar refractivity (Wildman–Crippen MR) is 57.1 cm³/mol. The number of H-pyrrole nitrogens is 1. The van der Waals surface area contributed by atoms with Crippen molar-refractivity contribution in [1.29, 1.82) is 0 Å². The van der Waals surface area contributed by atoms with E-state index in [4.69, 9.17) is 5.53 Å². The molecule has 1 aromatic rings. The fraction of sp³-hybridized carbons (Fsp3) is 0.571. The number of nitrogens with one attached hydrogen (secondary N) is 2. The van der Waals surface area contributed by atoms with E-state index in [0.717, 1.165) is 0 Å². The van der Waals surface area contributed by atoms with Crippen LogP contribution in [0.15, 0.2) is 16.3 Å². The third kappa shape index (κ3) is 3.54. The zero-order chi connectivity index (χ0) is 12.0. The second-order valence-electron chi connectivity index (χ2n) is 3.04. The highest BCUT2D eigenvalue weighted by molar-refractivity contribution is 7.89. The summed E-state index contributed by atoms with van der Waals surface area (Å²) in [6, 6.07) is 0. The van der Waals surface area contributed by atoms with Crippen molar-refractivity contribution in [2.24, 2.45) is 5.11 Å². The summed E-state index contributed by atoms with van der Waals surface area (Å²) in [4.78, 5) is 8.99. The van der Waals surface area contributed by atoms with Gasteiger partial charge in [-0.15, -0.1) is 0 Å². The number of hydrogen-bond donors (Lipinski definition) is 2. The van der Waals surface area contributed by atoms with E-state index in [0.29, 0.717) is 12.2 Å². The molecule has 0 radical (unpaired) electrons. The Kier molecular flexibility index (Phi) is 4.29. The lowest BCUT2D eigenvalue weighted by molar-refractivity contribution is 0.576. The van der Waals surface area contributed by atoms with E-state index in [1.165, 1.54) is 6.20 Å². The van der Waals surface area contributed by atoms with Crippen molar-refractivity contribution < 1.29 is 8.42 Å². The Morgan fingerprint density at radius 3 is 3.00 bits per heavy atom. The lowest BCUT2D eigenvalue weighted by Gasteiger charge is -2.02. The first-order chi connectivity index (χ1) is 7.56. The molecule has 1 rings (SSSR count). The Balaban J connectivity index is 2.50. The average Bonchev–Trinajstić information content (AvgIpc) is 2.65. The third-order valence-electron chi connectivity index (χ3n) is 1.76. The van der Waals surface area contributed by atoms with Gasteiger partial charge in [-0.05, 0) is 18.9 Å². The van der Waals surface area contributed by atoms with Crippen LogP contribution in [0.3, 0.4) is 0 Å². The van der Waals surface area contributed by atoms with Crippen LogP contribution in [0.1, 0.15) is 12.2 Å². The van der Waals surface area contributed by atoms with Crippen LogP contribution in [0.5, 0.6) is 0 Å². The summed E-state index contributed by atoms with van der Waals surface area (Å²) in [5.41, 5.74) is 8.01. The number of nitrogens with zero attached hydrogens (tertiary/aromatic N) is 4. The van der Waals surface area contributed by atoms with E-state index < -0.39 is 10.0 Å². The van der Waals surface area contributed by atoms with E-state index in [-0.39, 0.29) is 18.1 Å². The summed E-state index contributed by atoms with van der Waals surface area (Å²) in [5.74, 6) is 0.537. The van der Waals surface area contributed by atoms with Gasteiger partial charge in [0.25, 0.3) is 10.0 Å². The fourth-order valence-electron chi connectivity index (χ4n) is 1.01. The number of sulfonamides is 1. The minimum Gasteiger partial charge on any atom is -0.332 e. The Hall–Kier alpha value is -1.57. The first-order valence-electron chi connectivity index (χ1n) is 4.58. The molecule has 1 aromatic heterocycles. The van der Waals surface area contributed by atoms with Gasteiger partial charge in [0.1, 0.15) is 5.82 Å². The molecule has 9 heteroatoms. The van der Waals surface area contributed by atoms with Crippen LogP contribution in [0.25, 0.3) is 10.4 Å². The molecule has 0 saturated heterocycles. The molecule has 0 bridgehead atoms. The molecule has 0 unspecified atom stereocenters. The Labute approximate surface area is 92.8 Å². The molecule has 8 nitrogen and oxygen atoms in total. The number of imidazole rings is 1. The smallest absolute Gasteiger partial charge is 0.257 e. The molecule has 0 saturated carbocycles. The maximum Gasteiger partial charge on any atom is 0.257 e. The number of rotatable bonds is 6. The van der Waals surface area contributed by atoms with Crippen LogP contribution >= 0.6 is 0 Å². The molecule has 1 heterocycles. The van der Waals surface area contributed by atoms with E-state index in [1.54, 1.807) is 6.92 Å². The number of hydrogen-bond acceptors (Lipinski definition) is 4.